The lowest BCUT2D eigenvalue weighted by atomic mass is 10.1. The molecule has 18 heavy (non-hydrogen) atoms. The molecule has 0 bridgehead atoms. The maximum atomic E-state index is 11.2. The quantitative estimate of drug-likeness (QED) is 0.867. The first-order valence-electron chi connectivity index (χ1n) is 5.34. The Morgan fingerprint density at radius 1 is 1.44 bits per heavy atom. The van der Waals surface area contributed by atoms with E-state index in [0.29, 0.717) is 10.6 Å². The fourth-order valence-corrected chi connectivity index (χ4v) is 2.08. The highest BCUT2D eigenvalue weighted by Gasteiger charge is 2.26. The van der Waals surface area contributed by atoms with Crippen molar-refractivity contribution in [2.24, 2.45) is 0 Å². The number of carbonyl (C=O) groups is 1. The Morgan fingerprint density at radius 2 is 2.06 bits per heavy atom. The minimum absolute atomic E-state index is 0.301. The summed E-state index contributed by atoms with van der Waals surface area (Å²) in [5.74, 6) is -1.15. The van der Waals surface area contributed by atoms with Crippen molar-refractivity contribution in [1.29, 1.82) is 0 Å². The predicted octanol–water partition coefficient (Wildman–Crippen LogP) is 3.01. The Bertz CT molecular complexity index is 436. The molecule has 0 spiro atoms. The fraction of sp³-hybridized carbons (Fsp3) is 0.417. The van der Waals surface area contributed by atoms with E-state index in [4.69, 9.17) is 16.3 Å². The monoisotopic (exact) mass is 336 g/mol. The summed E-state index contributed by atoms with van der Waals surface area (Å²) in [5.41, 5.74) is 0.361. The van der Waals surface area contributed by atoms with Crippen molar-refractivity contribution in [2.45, 2.75) is 32.2 Å². The maximum absolute atomic E-state index is 11.2. The summed E-state index contributed by atoms with van der Waals surface area (Å²) >= 11 is 9.24. The molecule has 0 aromatic heterocycles. The molecule has 1 rings (SSSR count). The molecule has 100 valence electrons. The number of aliphatic hydroxyl groups is 1. The zero-order valence-electron chi connectivity index (χ0n) is 9.93. The van der Waals surface area contributed by atoms with Gasteiger partial charge in [-0.25, -0.2) is 4.79 Å². The Balaban J connectivity index is 3.01. The van der Waals surface area contributed by atoms with Crippen LogP contribution in [-0.4, -0.2) is 28.4 Å². The number of hydrogen-bond acceptors (Lipinski definition) is 3. The molecule has 0 fully saturated rings. The first-order chi connectivity index (χ1) is 8.32. The number of benzene rings is 1. The van der Waals surface area contributed by atoms with Crippen LogP contribution in [0.1, 0.15) is 25.5 Å². The lowest BCUT2D eigenvalue weighted by molar-refractivity contribution is -0.158. The van der Waals surface area contributed by atoms with Crippen molar-refractivity contribution in [3.8, 4) is 0 Å². The average Bonchev–Trinajstić information content (AvgIpc) is 2.26. The summed E-state index contributed by atoms with van der Waals surface area (Å²) in [6.45, 7) is 3.14. The van der Waals surface area contributed by atoms with Gasteiger partial charge in [-0.3, -0.25) is 0 Å². The highest BCUT2D eigenvalue weighted by molar-refractivity contribution is 9.10. The number of carboxylic acid groups (broad SMARTS) is 1. The van der Waals surface area contributed by atoms with Gasteiger partial charge in [0.2, 0.25) is 0 Å². The van der Waals surface area contributed by atoms with Crippen molar-refractivity contribution in [2.75, 3.05) is 0 Å². The first kappa shape index (κ1) is 15.4. The molecular formula is C12H14BrClO4. The Labute approximate surface area is 119 Å². The van der Waals surface area contributed by atoms with Crippen molar-refractivity contribution in [1.82, 2.24) is 0 Å². The second-order valence-electron chi connectivity index (χ2n) is 3.97. The van der Waals surface area contributed by atoms with Gasteiger partial charge in [-0.05, 0) is 26.0 Å². The van der Waals surface area contributed by atoms with Crippen LogP contribution in [0.25, 0.3) is 0 Å². The summed E-state index contributed by atoms with van der Waals surface area (Å²) in [6.07, 6.45) is -2.57. The minimum atomic E-state index is -1.20. The van der Waals surface area contributed by atoms with Gasteiger partial charge in [0.15, 0.2) is 6.10 Å². The Hall–Kier alpha value is -0.620. The van der Waals surface area contributed by atoms with E-state index in [1.54, 1.807) is 25.1 Å². The number of ether oxygens (including phenoxy) is 1. The molecule has 4 nitrogen and oxygen atoms in total. The average molecular weight is 338 g/mol. The largest absolute Gasteiger partial charge is 0.479 e. The molecule has 0 radical (unpaired) electrons. The number of aliphatic hydroxyl groups excluding tert-OH is 1. The van der Waals surface area contributed by atoms with Crippen LogP contribution in [0.15, 0.2) is 22.7 Å². The predicted molar refractivity (Wildman–Crippen MR) is 71.8 cm³/mol. The molecule has 0 heterocycles. The second kappa shape index (κ2) is 6.52. The van der Waals surface area contributed by atoms with Crippen LogP contribution in [0.5, 0.6) is 0 Å². The molecule has 1 aromatic rings. The molecule has 6 heteroatoms. The molecule has 0 saturated carbocycles. The van der Waals surface area contributed by atoms with E-state index in [0.717, 1.165) is 4.47 Å². The zero-order chi connectivity index (χ0) is 13.9. The van der Waals surface area contributed by atoms with Crippen LogP contribution in [0, 0.1) is 0 Å². The fourth-order valence-electron chi connectivity index (χ4n) is 1.31. The number of hydrogen-bond donors (Lipinski definition) is 2. The molecule has 1 aromatic carbocycles. The van der Waals surface area contributed by atoms with Gasteiger partial charge in [0.1, 0.15) is 0 Å². The number of rotatable bonds is 5. The molecular weight excluding hydrogens is 323 g/mol. The lowest BCUT2D eigenvalue weighted by Crippen LogP contribution is -2.28. The third-order valence-electron chi connectivity index (χ3n) is 2.50. The standard InChI is InChI=1S/C12H14BrClO4/c1-6(15)7(2)18-11(12(16)17)9-4-3-8(13)5-10(9)14/h3-7,11,15H,1-2H3,(H,16,17). The summed E-state index contributed by atoms with van der Waals surface area (Å²) < 4.78 is 6.08. The van der Waals surface area contributed by atoms with Crippen LogP contribution >= 0.6 is 27.5 Å². The molecule has 0 aliphatic carbocycles. The van der Waals surface area contributed by atoms with Gasteiger partial charge >= 0.3 is 5.97 Å². The van der Waals surface area contributed by atoms with Crippen LogP contribution in [0.3, 0.4) is 0 Å². The summed E-state index contributed by atoms with van der Waals surface area (Å²) in [5, 5.41) is 18.8. The van der Waals surface area contributed by atoms with Gasteiger partial charge < -0.3 is 14.9 Å². The topological polar surface area (TPSA) is 66.8 Å². The van der Waals surface area contributed by atoms with E-state index >= 15 is 0 Å². The lowest BCUT2D eigenvalue weighted by Gasteiger charge is -2.22. The maximum Gasteiger partial charge on any atom is 0.337 e. The van der Waals surface area contributed by atoms with E-state index in [-0.39, 0.29) is 0 Å². The highest BCUT2D eigenvalue weighted by Crippen LogP contribution is 2.30. The van der Waals surface area contributed by atoms with Crippen molar-refractivity contribution < 1.29 is 19.7 Å². The first-order valence-corrected chi connectivity index (χ1v) is 6.51. The summed E-state index contributed by atoms with van der Waals surface area (Å²) in [6, 6.07) is 4.87. The molecule has 0 amide bonds. The normalized spacial score (nSPS) is 16.1. The van der Waals surface area contributed by atoms with Gasteiger partial charge in [0, 0.05) is 15.1 Å². The van der Waals surface area contributed by atoms with E-state index in [9.17, 15) is 15.0 Å². The van der Waals surface area contributed by atoms with E-state index in [1.807, 2.05) is 0 Å². The zero-order valence-corrected chi connectivity index (χ0v) is 12.3. The van der Waals surface area contributed by atoms with Crippen LogP contribution < -0.4 is 0 Å². The third-order valence-corrected chi connectivity index (χ3v) is 3.32. The van der Waals surface area contributed by atoms with Crippen LogP contribution in [0.2, 0.25) is 5.02 Å². The van der Waals surface area contributed by atoms with Crippen molar-refractivity contribution in [3.63, 3.8) is 0 Å². The van der Waals surface area contributed by atoms with Crippen LogP contribution in [0.4, 0.5) is 0 Å². The number of aliphatic carboxylic acids is 1. The van der Waals surface area contributed by atoms with Crippen molar-refractivity contribution >= 4 is 33.5 Å². The van der Waals surface area contributed by atoms with Gasteiger partial charge in [0.05, 0.1) is 12.2 Å². The van der Waals surface area contributed by atoms with Gasteiger partial charge in [-0.1, -0.05) is 33.6 Å². The number of carboxylic acids is 1. The minimum Gasteiger partial charge on any atom is -0.479 e. The van der Waals surface area contributed by atoms with E-state index < -0.39 is 24.3 Å². The summed E-state index contributed by atoms with van der Waals surface area (Å²) in [4.78, 5) is 11.2. The smallest absolute Gasteiger partial charge is 0.337 e. The van der Waals surface area contributed by atoms with Crippen LogP contribution in [-0.2, 0) is 9.53 Å². The molecule has 0 aliphatic heterocycles. The van der Waals surface area contributed by atoms with Gasteiger partial charge in [-0.15, -0.1) is 0 Å². The molecule has 0 aliphatic rings. The SMILES string of the molecule is CC(O)C(C)OC(C(=O)O)c1ccc(Br)cc1Cl. The van der Waals surface area contributed by atoms with E-state index in [1.165, 1.54) is 6.92 Å². The highest BCUT2D eigenvalue weighted by atomic mass is 79.9. The molecule has 3 unspecified atom stereocenters. The molecule has 2 N–H and O–H groups in total. The Kier molecular flexibility index (Phi) is 5.59. The van der Waals surface area contributed by atoms with Gasteiger partial charge in [0.25, 0.3) is 0 Å². The summed E-state index contributed by atoms with van der Waals surface area (Å²) in [7, 11) is 0. The van der Waals surface area contributed by atoms with Crippen molar-refractivity contribution in [3.05, 3.63) is 33.3 Å². The van der Waals surface area contributed by atoms with Gasteiger partial charge in [-0.2, -0.15) is 0 Å². The molecule has 0 saturated heterocycles. The molecule has 3 atom stereocenters. The Morgan fingerprint density at radius 3 is 2.50 bits per heavy atom. The third kappa shape index (κ3) is 3.95. The number of halogens is 2. The second-order valence-corrected chi connectivity index (χ2v) is 5.29. The van der Waals surface area contributed by atoms with E-state index in [2.05, 4.69) is 15.9 Å².